The van der Waals surface area contributed by atoms with Gasteiger partial charge in [0.25, 0.3) is 0 Å². The zero-order valence-electron chi connectivity index (χ0n) is 13.2. The Hall–Kier alpha value is -2.72. The Balaban J connectivity index is 1.94. The summed E-state index contributed by atoms with van der Waals surface area (Å²) in [6.07, 6.45) is 0. The molecule has 1 heterocycles. The number of hydrogen-bond donors (Lipinski definition) is 0. The second kappa shape index (κ2) is 6.06. The lowest BCUT2D eigenvalue weighted by atomic mass is 9.83. The molecular formula is C20H17NO3. The second-order valence-electron chi connectivity index (χ2n) is 5.89. The van der Waals surface area contributed by atoms with Crippen molar-refractivity contribution in [1.82, 2.24) is 4.90 Å². The highest BCUT2D eigenvalue weighted by molar-refractivity contribution is 6.40. The molecule has 2 aliphatic rings. The van der Waals surface area contributed by atoms with E-state index >= 15 is 0 Å². The van der Waals surface area contributed by atoms with Gasteiger partial charge in [0, 0.05) is 24.2 Å². The number of ether oxygens (including phenoxy) is 1. The van der Waals surface area contributed by atoms with E-state index in [2.05, 4.69) is 0 Å². The third kappa shape index (κ3) is 2.36. The van der Waals surface area contributed by atoms with Gasteiger partial charge in [-0.1, -0.05) is 54.6 Å². The van der Waals surface area contributed by atoms with Crippen LogP contribution in [0.5, 0.6) is 0 Å². The molecule has 4 rings (SSSR count). The van der Waals surface area contributed by atoms with Gasteiger partial charge >= 0.3 is 0 Å². The van der Waals surface area contributed by atoms with Crippen molar-refractivity contribution < 1.29 is 14.3 Å². The molecule has 1 aliphatic carbocycles. The van der Waals surface area contributed by atoms with E-state index in [-0.39, 0.29) is 11.6 Å². The fourth-order valence-corrected chi connectivity index (χ4v) is 3.32. The van der Waals surface area contributed by atoms with E-state index in [0.717, 1.165) is 5.56 Å². The summed E-state index contributed by atoms with van der Waals surface area (Å²) < 4.78 is 5.40. The molecule has 2 aromatic rings. The lowest BCUT2D eigenvalue weighted by Crippen LogP contribution is -2.40. The molecule has 2 aromatic carbocycles. The standard InChI is InChI=1S/C20H17NO3/c22-19-15-8-4-5-9-16(15)20(23)18(21-10-12-24-13-11-21)17(19)14-6-2-1-3-7-14/h1-9H,10-13H2. The fraction of sp³-hybridized carbons (Fsp3) is 0.200. The SMILES string of the molecule is O=C1C(c2ccccc2)=C(N2CCOCC2)C(=O)c2ccccc21. The average molecular weight is 319 g/mol. The Bertz CT molecular complexity index is 833. The molecule has 0 atom stereocenters. The number of carbonyl (C=O) groups is 2. The van der Waals surface area contributed by atoms with E-state index in [1.54, 1.807) is 24.3 Å². The van der Waals surface area contributed by atoms with E-state index in [1.165, 1.54) is 0 Å². The van der Waals surface area contributed by atoms with Crippen LogP contribution in [-0.4, -0.2) is 42.8 Å². The highest BCUT2D eigenvalue weighted by Gasteiger charge is 2.35. The first-order valence-corrected chi connectivity index (χ1v) is 8.08. The van der Waals surface area contributed by atoms with Crippen LogP contribution in [0.2, 0.25) is 0 Å². The summed E-state index contributed by atoms with van der Waals surface area (Å²) in [6, 6.07) is 16.5. The van der Waals surface area contributed by atoms with Gasteiger partial charge in [0.1, 0.15) is 0 Å². The van der Waals surface area contributed by atoms with Gasteiger partial charge in [-0.3, -0.25) is 9.59 Å². The number of morpholine rings is 1. The van der Waals surface area contributed by atoms with Gasteiger partial charge in [-0.05, 0) is 5.56 Å². The van der Waals surface area contributed by atoms with Crippen LogP contribution in [0.4, 0.5) is 0 Å². The van der Waals surface area contributed by atoms with Crippen LogP contribution in [0.15, 0.2) is 60.3 Å². The molecule has 24 heavy (non-hydrogen) atoms. The van der Waals surface area contributed by atoms with Gasteiger partial charge in [-0.15, -0.1) is 0 Å². The summed E-state index contributed by atoms with van der Waals surface area (Å²) in [4.78, 5) is 28.3. The molecule has 4 nitrogen and oxygen atoms in total. The maximum atomic E-state index is 13.2. The third-order valence-electron chi connectivity index (χ3n) is 4.49. The normalized spacial score (nSPS) is 17.9. The van der Waals surface area contributed by atoms with Crippen molar-refractivity contribution in [2.45, 2.75) is 0 Å². The number of benzene rings is 2. The molecular weight excluding hydrogens is 302 g/mol. The molecule has 1 aliphatic heterocycles. The monoisotopic (exact) mass is 319 g/mol. The highest BCUT2D eigenvalue weighted by atomic mass is 16.5. The minimum absolute atomic E-state index is 0.0778. The van der Waals surface area contributed by atoms with Gasteiger partial charge in [-0.25, -0.2) is 0 Å². The topological polar surface area (TPSA) is 46.6 Å². The van der Waals surface area contributed by atoms with Crippen molar-refractivity contribution in [2.75, 3.05) is 26.3 Å². The van der Waals surface area contributed by atoms with Crippen molar-refractivity contribution in [3.63, 3.8) is 0 Å². The van der Waals surface area contributed by atoms with E-state index in [9.17, 15) is 9.59 Å². The quantitative estimate of drug-likeness (QED) is 0.854. The molecule has 0 aromatic heterocycles. The Morgan fingerprint density at radius 1 is 0.750 bits per heavy atom. The van der Waals surface area contributed by atoms with Crippen molar-refractivity contribution in [3.05, 3.63) is 77.0 Å². The lowest BCUT2D eigenvalue weighted by Gasteiger charge is -2.34. The zero-order valence-corrected chi connectivity index (χ0v) is 13.2. The molecule has 0 spiro atoms. The minimum Gasteiger partial charge on any atom is -0.378 e. The molecule has 0 bridgehead atoms. The predicted molar refractivity (Wildman–Crippen MR) is 90.9 cm³/mol. The first-order valence-electron chi connectivity index (χ1n) is 8.08. The first-order chi connectivity index (χ1) is 11.8. The number of ketones is 2. The number of rotatable bonds is 2. The lowest BCUT2D eigenvalue weighted by molar-refractivity contribution is 0.0506. The van der Waals surface area contributed by atoms with Crippen LogP contribution in [-0.2, 0) is 4.74 Å². The van der Waals surface area contributed by atoms with E-state index in [0.29, 0.717) is 48.7 Å². The Morgan fingerprint density at radius 2 is 1.33 bits per heavy atom. The van der Waals surface area contributed by atoms with Crippen molar-refractivity contribution in [1.29, 1.82) is 0 Å². The number of nitrogens with zero attached hydrogens (tertiary/aromatic N) is 1. The highest BCUT2D eigenvalue weighted by Crippen LogP contribution is 2.34. The number of fused-ring (bicyclic) bond motifs is 1. The van der Waals surface area contributed by atoms with Crippen LogP contribution in [0.3, 0.4) is 0 Å². The van der Waals surface area contributed by atoms with E-state index in [4.69, 9.17) is 4.74 Å². The molecule has 0 amide bonds. The second-order valence-corrected chi connectivity index (χ2v) is 5.89. The fourth-order valence-electron chi connectivity index (χ4n) is 3.32. The smallest absolute Gasteiger partial charge is 0.210 e. The Labute approximate surface area is 140 Å². The van der Waals surface area contributed by atoms with Gasteiger partial charge in [0.05, 0.1) is 24.5 Å². The first kappa shape index (κ1) is 14.8. The molecule has 1 saturated heterocycles. The van der Waals surface area contributed by atoms with Gasteiger partial charge in [-0.2, -0.15) is 0 Å². The van der Waals surface area contributed by atoms with Crippen molar-refractivity contribution in [3.8, 4) is 0 Å². The summed E-state index contributed by atoms with van der Waals surface area (Å²) in [5, 5.41) is 0. The molecule has 1 fully saturated rings. The van der Waals surface area contributed by atoms with Crippen molar-refractivity contribution in [2.24, 2.45) is 0 Å². The molecule has 0 saturated carbocycles. The molecule has 120 valence electrons. The summed E-state index contributed by atoms with van der Waals surface area (Å²) in [6.45, 7) is 2.36. The number of hydrogen-bond acceptors (Lipinski definition) is 4. The molecule has 0 unspecified atom stereocenters. The summed E-state index contributed by atoms with van der Waals surface area (Å²) in [7, 11) is 0. The van der Waals surface area contributed by atoms with Crippen LogP contribution in [0.1, 0.15) is 26.3 Å². The van der Waals surface area contributed by atoms with Gasteiger partial charge in [0.15, 0.2) is 5.78 Å². The third-order valence-corrected chi connectivity index (χ3v) is 4.49. The van der Waals surface area contributed by atoms with Crippen LogP contribution in [0.25, 0.3) is 5.57 Å². The Kier molecular flexibility index (Phi) is 3.75. The average Bonchev–Trinajstić information content (AvgIpc) is 2.66. The minimum atomic E-state index is -0.0853. The van der Waals surface area contributed by atoms with Crippen molar-refractivity contribution >= 4 is 17.1 Å². The summed E-state index contributed by atoms with van der Waals surface area (Å²) in [5.41, 5.74) is 2.77. The molecule has 4 heteroatoms. The van der Waals surface area contributed by atoms with E-state index in [1.807, 2.05) is 35.2 Å². The van der Waals surface area contributed by atoms with E-state index < -0.39 is 0 Å². The molecule has 0 radical (unpaired) electrons. The van der Waals surface area contributed by atoms with Gasteiger partial charge in [0.2, 0.25) is 5.78 Å². The van der Waals surface area contributed by atoms with Gasteiger partial charge < -0.3 is 9.64 Å². The zero-order chi connectivity index (χ0) is 16.5. The maximum Gasteiger partial charge on any atom is 0.210 e. The number of carbonyl (C=O) groups excluding carboxylic acids is 2. The molecule has 0 N–H and O–H groups in total. The summed E-state index contributed by atoms with van der Waals surface area (Å²) in [5.74, 6) is -0.163. The summed E-state index contributed by atoms with van der Waals surface area (Å²) >= 11 is 0. The predicted octanol–water partition coefficient (Wildman–Crippen LogP) is 2.81. The maximum absolute atomic E-state index is 13.2. The van der Waals surface area contributed by atoms with Crippen LogP contribution in [0, 0.1) is 0 Å². The number of Topliss-reactive ketones (excluding diaryl/α,β-unsaturated/α-hetero) is 2. The Morgan fingerprint density at radius 3 is 2.00 bits per heavy atom. The number of allylic oxidation sites excluding steroid dienone is 2. The van der Waals surface area contributed by atoms with Crippen LogP contribution < -0.4 is 0 Å². The van der Waals surface area contributed by atoms with Crippen LogP contribution >= 0.6 is 0 Å². The largest absolute Gasteiger partial charge is 0.378 e.